The second-order valence-electron chi connectivity index (χ2n) is 4.97. The quantitative estimate of drug-likeness (QED) is 0.895. The lowest BCUT2D eigenvalue weighted by Crippen LogP contribution is -2.28. The summed E-state index contributed by atoms with van der Waals surface area (Å²) in [7, 11) is 0. The van der Waals surface area contributed by atoms with Crippen molar-refractivity contribution in [2.24, 2.45) is 0 Å². The zero-order valence-electron chi connectivity index (χ0n) is 10.6. The van der Waals surface area contributed by atoms with Crippen molar-refractivity contribution >= 4 is 0 Å². The molecule has 0 unspecified atom stereocenters. The third-order valence-electron chi connectivity index (χ3n) is 3.58. The highest BCUT2D eigenvalue weighted by Crippen LogP contribution is 2.17. The van der Waals surface area contributed by atoms with Crippen molar-refractivity contribution in [2.75, 3.05) is 13.1 Å². The van der Waals surface area contributed by atoms with Crippen molar-refractivity contribution in [1.82, 2.24) is 14.9 Å². The lowest BCUT2D eigenvalue weighted by Gasteiger charge is -2.26. The number of hydrogen-bond donors (Lipinski definition) is 1. The van der Waals surface area contributed by atoms with Crippen LogP contribution in [-0.2, 0) is 6.54 Å². The molecule has 0 aliphatic carbocycles. The lowest BCUT2D eigenvalue weighted by atomic mass is 10.1. The molecular formula is C15H19N3. The van der Waals surface area contributed by atoms with E-state index < -0.39 is 0 Å². The summed E-state index contributed by atoms with van der Waals surface area (Å²) in [6, 6.07) is 8.73. The molecule has 1 aromatic heterocycles. The van der Waals surface area contributed by atoms with Crippen molar-refractivity contribution in [3.8, 4) is 11.4 Å². The molecule has 0 bridgehead atoms. The zero-order chi connectivity index (χ0) is 12.2. The minimum absolute atomic E-state index is 0.944. The molecule has 3 rings (SSSR count). The monoisotopic (exact) mass is 241 g/mol. The highest BCUT2D eigenvalue weighted by Gasteiger charge is 2.10. The first-order valence-electron chi connectivity index (χ1n) is 6.73. The van der Waals surface area contributed by atoms with Gasteiger partial charge in [-0.2, -0.15) is 0 Å². The molecule has 1 aliphatic heterocycles. The SMILES string of the molecule is c1c[nH]c(-c2ccc(CN3CCCCC3)cc2)n1. The Hall–Kier alpha value is -1.61. The van der Waals surface area contributed by atoms with E-state index in [1.165, 1.54) is 37.9 Å². The van der Waals surface area contributed by atoms with E-state index in [4.69, 9.17) is 0 Å². The maximum absolute atomic E-state index is 4.27. The fraction of sp³-hybridized carbons (Fsp3) is 0.400. The lowest BCUT2D eigenvalue weighted by molar-refractivity contribution is 0.221. The molecule has 3 nitrogen and oxygen atoms in total. The van der Waals surface area contributed by atoms with Crippen molar-refractivity contribution in [1.29, 1.82) is 0 Å². The number of benzene rings is 1. The summed E-state index contributed by atoms with van der Waals surface area (Å²) in [5, 5.41) is 0. The Morgan fingerprint density at radius 3 is 2.50 bits per heavy atom. The number of hydrogen-bond acceptors (Lipinski definition) is 2. The van der Waals surface area contributed by atoms with Crippen LogP contribution >= 0.6 is 0 Å². The molecule has 1 saturated heterocycles. The van der Waals surface area contributed by atoms with Crippen LogP contribution < -0.4 is 0 Å². The molecule has 94 valence electrons. The molecule has 0 spiro atoms. The van der Waals surface area contributed by atoms with Crippen LogP contribution in [0, 0.1) is 0 Å². The summed E-state index contributed by atoms with van der Waals surface area (Å²) in [5.74, 6) is 0.944. The van der Waals surface area contributed by atoms with Gasteiger partial charge >= 0.3 is 0 Å². The summed E-state index contributed by atoms with van der Waals surface area (Å²) in [6.07, 6.45) is 7.75. The molecule has 0 radical (unpaired) electrons. The van der Waals surface area contributed by atoms with Gasteiger partial charge in [-0.3, -0.25) is 4.90 Å². The van der Waals surface area contributed by atoms with Gasteiger partial charge in [-0.25, -0.2) is 4.98 Å². The Bertz CT molecular complexity index is 467. The van der Waals surface area contributed by atoms with E-state index >= 15 is 0 Å². The topological polar surface area (TPSA) is 31.9 Å². The normalized spacial score (nSPS) is 16.9. The van der Waals surface area contributed by atoms with Gasteiger partial charge in [0, 0.05) is 24.5 Å². The Morgan fingerprint density at radius 2 is 1.83 bits per heavy atom. The van der Waals surface area contributed by atoms with Crippen LogP contribution in [0.25, 0.3) is 11.4 Å². The van der Waals surface area contributed by atoms with Gasteiger partial charge in [-0.1, -0.05) is 30.7 Å². The second-order valence-corrected chi connectivity index (χ2v) is 4.97. The van der Waals surface area contributed by atoms with E-state index in [-0.39, 0.29) is 0 Å². The van der Waals surface area contributed by atoms with Crippen LogP contribution in [-0.4, -0.2) is 28.0 Å². The maximum atomic E-state index is 4.27. The van der Waals surface area contributed by atoms with E-state index in [0.29, 0.717) is 0 Å². The van der Waals surface area contributed by atoms with Gasteiger partial charge in [0.15, 0.2) is 0 Å². The number of nitrogens with zero attached hydrogens (tertiary/aromatic N) is 2. The zero-order valence-corrected chi connectivity index (χ0v) is 10.6. The van der Waals surface area contributed by atoms with Crippen molar-refractivity contribution in [3.05, 3.63) is 42.2 Å². The van der Waals surface area contributed by atoms with Gasteiger partial charge in [0.25, 0.3) is 0 Å². The third-order valence-corrected chi connectivity index (χ3v) is 3.58. The number of rotatable bonds is 3. The molecule has 0 saturated carbocycles. The van der Waals surface area contributed by atoms with Gasteiger partial charge in [-0.05, 0) is 31.5 Å². The average Bonchev–Trinajstić information content (AvgIpc) is 2.95. The molecular weight excluding hydrogens is 222 g/mol. The second kappa shape index (κ2) is 5.36. The highest BCUT2D eigenvalue weighted by atomic mass is 15.1. The van der Waals surface area contributed by atoms with Crippen LogP contribution in [0.15, 0.2) is 36.7 Å². The van der Waals surface area contributed by atoms with Gasteiger partial charge in [0.2, 0.25) is 0 Å². The Kier molecular flexibility index (Phi) is 3.42. The Balaban J connectivity index is 1.67. The molecule has 1 fully saturated rings. The summed E-state index contributed by atoms with van der Waals surface area (Å²) >= 11 is 0. The minimum atomic E-state index is 0.944. The van der Waals surface area contributed by atoms with Crippen molar-refractivity contribution in [3.63, 3.8) is 0 Å². The average molecular weight is 241 g/mol. The maximum Gasteiger partial charge on any atom is 0.137 e. The number of aromatic amines is 1. The fourth-order valence-electron chi connectivity index (χ4n) is 2.57. The number of piperidine rings is 1. The number of likely N-dealkylation sites (tertiary alicyclic amines) is 1. The predicted octanol–water partition coefficient (Wildman–Crippen LogP) is 3.06. The largest absolute Gasteiger partial charge is 0.345 e. The molecule has 1 N–H and O–H groups in total. The number of imidazole rings is 1. The summed E-state index contributed by atoms with van der Waals surface area (Å²) in [6.45, 7) is 3.58. The van der Waals surface area contributed by atoms with Gasteiger partial charge in [-0.15, -0.1) is 0 Å². The molecule has 2 aromatic rings. The van der Waals surface area contributed by atoms with Crippen molar-refractivity contribution in [2.45, 2.75) is 25.8 Å². The standard InChI is InChI=1S/C15H19N3/c1-2-10-18(11-3-1)12-13-4-6-14(7-5-13)15-16-8-9-17-15/h4-9H,1-3,10-12H2,(H,16,17). The molecule has 3 heteroatoms. The third kappa shape index (κ3) is 2.62. The van der Waals surface area contributed by atoms with E-state index in [9.17, 15) is 0 Å². The Morgan fingerprint density at radius 1 is 1.06 bits per heavy atom. The van der Waals surface area contributed by atoms with Gasteiger partial charge in [0.1, 0.15) is 5.82 Å². The van der Waals surface area contributed by atoms with Crippen LogP contribution in [0.2, 0.25) is 0 Å². The van der Waals surface area contributed by atoms with E-state index in [1.807, 2.05) is 6.20 Å². The van der Waals surface area contributed by atoms with Gasteiger partial charge in [0.05, 0.1) is 0 Å². The van der Waals surface area contributed by atoms with Crippen LogP contribution in [0.3, 0.4) is 0 Å². The molecule has 2 heterocycles. The van der Waals surface area contributed by atoms with E-state index in [0.717, 1.165) is 17.9 Å². The first-order chi connectivity index (χ1) is 8.92. The summed E-state index contributed by atoms with van der Waals surface area (Å²) < 4.78 is 0. The summed E-state index contributed by atoms with van der Waals surface area (Å²) in [5.41, 5.74) is 2.55. The highest BCUT2D eigenvalue weighted by molar-refractivity contribution is 5.55. The number of aromatic nitrogens is 2. The molecule has 0 atom stereocenters. The molecule has 18 heavy (non-hydrogen) atoms. The van der Waals surface area contributed by atoms with E-state index in [1.54, 1.807) is 6.20 Å². The van der Waals surface area contributed by atoms with Crippen LogP contribution in [0.5, 0.6) is 0 Å². The molecule has 1 aromatic carbocycles. The molecule has 1 aliphatic rings. The summed E-state index contributed by atoms with van der Waals surface area (Å²) in [4.78, 5) is 9.95. The first kappa shape index (κ1) is 11.5. The van der Waals surface area contributed by atoms with Crippen LogP contribution in [0.4, 0.5) is 0 Å². The number of nitrogens with one attached hydrogen (secondary N) is 1. The fourth-order valence-corrected chi connectivity index (χ4v) is 2.57. The van der Waals surface area contributed by atoms with Crippen molar-refractivity contribution < 1.29 is 0 Å². The first-order valence-corrected chi connectivity index (χ1v) is 6.73. The molecule has 0 amide bonds. The van der Waals surface area contributed by atoms with E-state index in [2.05, 4.69) is 39.1 Å². The number of H-pyrrole nitrogens is 1. The van der Waals surface area contributed by atoms with Crippen LogP contribution in [0.1, 0.15) is 24.8 Å². The predicted molar refractivity (Wildman–Crippen MR) is 73.2 cm³/mol. The minimum Gasteiger partial charge on any atom is -0.345 e. The van der Waals surface area contributed by atoms with Gasteiger partial charge < -0.3 is 4.98 Å². The smallest absolute Gasteiger partial charge is 0.137 e. The Labute approximate surface area is 108 Å².